The minimum atomic E-state index is -0.182. The molecule has 0 bridgehead atoms. The van der Waals surface area contributed by atoms with E-state index in [1.807, 2.05) is 55.5 Å². The predicted octanol–water partition coefficient (Wildman–Crippen LogP) is 4.34. The molecule has 5 nitrogen and oxygen atoms in total. The van der Waals surface area contributed by atoms with Crippen LogP contribution in [0.1, 0.15) is 5.56 Å². The second-order valence-electron chi connectivity index (χ2n) is 5.35. The molecule has 0 radical (unpaired) electrons. The largest absolute Gasteiger partial charge is 0.383 e. The van der Waals surface area contributed by atoms with Crippen molar-refractivity contribution in [1.82, 2.24) is 5.32 Å². The molecule has 1 atom stereocenters. The normalized spacial score (nSPS) is 17.3. The standard InChI is InChI=1S/C17H16N4OS2/c1-11-2-4-13(5-3-11)20-21-14-8-6-12(7-9-14)18-10-15-16(22)19-17(23)24-15/h2-9,15,18H,10H2,1H3,(H,19,22,23). The molecule has 1 saturated heterocycles. The second kappa shape index (κ2) is 7.55. The van der Waals surface area contributed by atoms with Crippen molar-refractivity contribution in [2.75, 3.05) is 11.9 Å². The van der Waals surface area contributed by atoms with Crippen LogP contribution in [0.15, 0.2) is 58.8 Å². The minimum Gasteiger partial charge on any atom is -0.383 e. The van der Waals surface area contributed by atoms with E-state index in [0.29, 0.717) is 10.9 Å². The highest BCUT2D eigenvalue weighted by molar-refractivity contribution is 8.24. The third kappa shape index (κ3) is 4.39. The number of nitrogens with one attached hydrogen (secondary N) is 2. The van der Waals surface area contributed by atoms with Gasteiger partial charge in [-0.1, -0.05) is 41.7 Å². The van der Waals surface area contributed by atoms with Crippen LogP contribution < -0.4 is 10.6 Å². The van der Waals surface area contributed by atoms with Gasteiger partial charge in [-0.3, -0.25) is 4.79 Å². The molecule has 7 heteroatoms. The summed E-state index contributed by atoms with van der Waals surface area (Å²) in [6, 6.07) is 15.5. The molecule has 1 aliphatic heterocycles. The quantitative estimate of drug-likeness (QED) is 0.618. The Balaban J connectivity index is 1.56. The Morgan fingerprint density at radius 3 is 2.21 bits per heavy atom. The van der Waals surface area contributed by atoms with Crippen molar-refractivity contribution < 1.29 is 4.79 Å². The summed E-state index contributed by atoms with van der Waals surface area (Å²) in [6.45, 7) is 2.56. The number of carbonyl (C=O) groups excluding carboxylic acids is 1. The average Bonchev–Trinajstić information content (AvgIpc) is 2.91. The van der Waals surface area contributed by atoms with Crippen LogP contribution in [0.4, 0.5) is 17.1 Å². The van der Waals surface area contributed by atoms with Gasteiger partial charge in [0.05, 0.1) is 11.4 Å². The number of aryl methyl sites for hydroxylation is 1. The molecular formula is C17H16N4OS2. The summed E-state index contributed by atoms with van der Waals surface area (Å²) in [5.74, 6) is -0.0407. The van der Waals surface area contributed by atoms with Gasteiger partial charge in [0.25, 0.3) is 0 Å². The number of carbonyl (C=O) groups is 1. The summed E-state index contributed by atoms with van der Waals surface area (Å²) in [7, 11) is 0. The fourth-order valence-corrected chi connectivity index (χ4v) is 3.31. The predicted molar refractivity (Wildman–Crippen MR) is 102 cm³/mol. The lowest BCUT2D eigenvalue weighted by molar-refractivity contribution is -0.118. The molecule has 0 aliphatic carbocycles. The fourth-order valence-electron chi connectivity index (χ4n) is 2.11. The van der Waals surface area contributed by atoms with Crippen LogP contribution >= 0.6 is 24.0 Å². The first-order valence-electron chi connectivity index (χ1n) is 7.44. The summed E-state index contributed by atoms with van der Waals surface area (Å²) in [4.78, 5) is 11.6. The lowest BCUT2D eigenvalue weighted by Gasteiger charge is -2.09. The van der Waals surface area contributed by atoms with Gasteiger partial charge >= 0.3 is 0 Å². The average molecular weight is 356 g/mol. The lowest BCUT2D eigenvalue weighted by Crippen LogP contribution is -2.28. The Kier molecular flexibility index (Phi) is 5.22. The molecule has 24 heavy (non-hydrogen) atoms. The summed E-state index contributed by atoms with van der Waals surface area (Å²) in [5, 5.41) is 14.1. The van der Waals surface area contributed by atoms with Crippen LogP contribution in [0.25, 0.3) is 0 Å². The molecule has 0 spiro atoms. The van der Waals surface area contributed by atoms with E-state index in [1.54, 1.807) is 0 Å². The third-order valence-corrected chi connectivity index (χ3v) is 4.81. The number of azo groups is 1. The summed E-state index contributed by atoms with van der Waals surface area (Å²) < 4.78 is 0.540. The van der Waals surface area contributed by atoms with Crippen LogP contribution in [-0.2, 0) is 4.79 Å². The van der Waals surface area contributed by atoms with E-state index in [9.17, 15) is 4.79 Å². The van der Waals surface area contributed by atoms with E-state index in [-0.39, 0.29) is 11.2 Å². The van der Waals surface area contributed by atoms with Gasteiger partial charge < -0.3 is 10.6 Å². The molecule has 2 aromatic rings. The van der Waals surface area contributed by atoms with Crippen molar-refractivity contribution in [2.24, 2.45) is 10.2 Å². The Bertz CT molecular complexity index is 772. The SMILES string of the molecule is Cc1ccc(N=Nc2ccc(NCC3SC(=S)NC3=O)cc2)cc1. The van der Waals surface area contributed by atoms with E-state index in [0.717, 1.165) is 17.1 Å². The Hall–Kier alpha value is -2.25. The first-order valence-corrected chi connectivity index (χ1v) is 8.73. The number of benzene rings is 2. The highest BCUT2D eigenvalue weighted by Crippen LogP contribution is 2.22. The Morgan fingerprint density at radius 1 is 1.08 bits per heavy atom. The summed E-state index contributed by atoms with van der Waals surface area (Å²) in [5.41, 5.74) is 3.72. The fraction of sp³-hybridized carbons (Fsp3) is 0.176. The number of amides is 1. The number of anilines is 1. The highest BCUT2D eigenvalue weighted by atomic mass is 32.2. The van der Waals surface area contributed by atoms with Crippen molar-refractivity contribution >= 4 is 51.3 Å². The number of rotatable bonds is 5. The molecule has 1 heterocycles. The van der Waals surface area contributed by atoms with Crippen molar-refractivity contribution in [3.05, 3.63) is 54.1 Å². The smallest absolute Gasteiger partial charge is 0.240 e. The van der Waals surface area contributed by atoms with E-state index in [2.05, 4.69) is 20.9 Å². The maximum absolute atomic E-state index is 11.6. The van der Waals surface area contributed by atoms with Crippen molar-refractivity contribution in [1.29, 1.82) is 0 Å². The van der Waals surface area contributed by atoms with Gasteiger partial charge in [0, 0.05) is 12.2 Å². The first kappa shape index (κ1) is 16.6. The monoisotopic (exact) mass is 356 g/mol. The van der Waals surface area contributed by atoms with Gasteiger partial charge in [-0.2, -0.15) is 10.2 Å². The zero-order valence-electron chi connectivity index (χ0n) is 13.0. The van der Waals surface area contributed by atoms with E-state index < -0.39 is 0 Å². The van der Waals surface area contributed by atoms with Gasteiger partial charge in [-0.25, -0.2) is 0 Å². The molecular weight excluding hydrogens is 340 g/mol. The number of hydrogen-bond acceptors (Lipinski definition) is 6. The van der Waals surface area contributed by atoms with E-state index >= 15 is 0 Å². The van der Waals surface area contributed by atoms with E-state index in [1.165, 1.54) is 17.3 Å². The molecule has 0 saturated carbocycles. The Labute approximate surface area is 149 Å². The van der Waals surface area contributed by atoms with Crippen LogP contribution in [0.2, 0.25) is 0 Å². The zero-order valence-corrected chi connectivity index (χ0v) is 14.7. The van der Waals surface area contributed by atoms with Crippen LogP contribution in [0.5, 0.6) is 0 Å². The molecule has 1 amide bonds. The number of hydrogen-bond donors (Lipinski definition) is 2. The second-order valence-corrected chi connectivity index (χ2v) is 7.23. The van der Waals surface area contributed by atoms with Crippen LogP contribution in [0.3, 0.4) is 0 Å². The molecule has 1 fully saturated rings. The first-order chi connectivity index (χ1) is 11.6. The third-order valence-electron chi connectivity index (χ3n) is 3.44. The molecule has 0 aromatic heterocycles. The van der Waals surface area contributed by atoms with Crippen molar-refractivity contribution in [3.63, 3.8) is 0 Å². The van der Waals surface area contributed by atoms with Gasteiger partial charge in [-0.05, 0) is 43.3 Å². The molecule has 2 aromatic carbocycles. The van der Waals surface area contributed by atoms with Crippen LogP contribution in [-0.4, -0.2) is 22.0 Å². The van der Waals surface area contributed by atoms with Gasteiger partial charge in [0.15, 0.2) is 0 Å². The number of thioether (sulfide) groups is 1. The minimum absolute atomic E-state index is 0.0407. The highest BCUT2D eigenvalue weighted by Gasteiger charge is 2.28. The van der Waals surface area contributed by atoms with E-state index in [4.69, 9.17) is 12.2 Å². The van der Waals surface area contributed by atoms with Crippen LogP contribution in [0, 0.1) is 6.92 Å². The summed E-state index contributed by atoms with van der Waals surface area (Å²) >= 11 is 6.36. The topological polar surface area (TPSA) is 65.8 Å². The molecule has 2 N–H and O–H groups in total. The molecule has 1 unspecified atom stereocenters. The molecule has 1 aliphatic rings. The lowest BCUT2D eigenvalue weighted by atomic mass is 10.2. The maximum Gasteiger partial charge on any atom is 0.240 e. The Morgan fingerprint density at radius 2 is 1.67 bits per heavy atom. The molecule has 122 valence electrons. The number of nitrogens with zero attached hydrogens (tertiary/aromatic N) is 2. The maximum atomic E-state index is 11.6. The van der Waals surface area contributed by atoms with Crippen molar-refractivity contribution in [2.45, 2.75) is 12.2 Å². The van der Waals surface area contributed by atoms with Crippen molar-refractivity contribution in [3.8, 4) is 0 Å². The van der Waals surface area contributed by atoms with Gasteiger partial charge in [0.1, 0.15) is 9.57 Å². The zero-order chi connectivity index (χ0) is 16.9. The number of thiocarbonyl (C=S) groups is 1. The summed E-state index contributed by atoms with van der Waals surface area (Å²) in [6.07, 6.45) is 0. The van der Waals surface area contributed by atoms with Gasteiger partial charge in [-0.15, -0.1) is 0 Å². The van der Waals surface area contributed by atoms with Gasteiger partial charge in [0.2, 0.25) is 5.91 Å². The molecule has 3 rings (SSSR count).